The molecule has 1 fully saturated rings. The monoisotopic (exact) mass is 531 g/mol. The van der Waals surface area contributed by atoms with E-state index < -0.39 is 0 Å². The van der Waals surface area contributed by atoms with Crippen LogP contribution in [0.1, 0.15) is 40.9 Å². The van der Waals surface area contributed by atoms with Crippen LogP contribution in [0.4, 0.5) is 5.69 Å². The lowest BCUT2D eigenvalue weighted by atomic mass is 10.1. The molecule has 7 heteroatoms. The maximum Gasteiger partial charge on any atom is 0.264 e. The lowest BCUT2D eigenvalue weighted by molar-refractivity contribution is -0.114. The SMILES string of the molecule is CC(c1ccccc1)N1CCC(CNC(=O)c2ccc3c(c2)N(C)C(=O)C(=Cc2ccccc2Cl)S3)C1. The third-order valence-electron chi connectivity index (χ3n) is 7.21. The number of likely N-dealkylation sites (tertiary alicyclic amines) is 1. The van der Waals surface area contributed by atoms with E-state index in [9.17, 15) is 9.59 Å². The van der Waals surface area contributed by atoms with E-state index in [0.717, 1.165) is 35.7 Å². The Labute approximate surface area is 227 Å². The van der Waals surface area contributed by atoms with Crippen LogP contribution in [-0.2, 0) is 4.79 Å². The molecule has 2 atom stereocenters. The van der Waals surface area contributed by atoms with Crippen molar-refractivity contribution in [2.24, 2.45) is 5.92 Å². The van der Waals surface area contributed by atoms with Gasteiger partial charge in [-0.15, -0.1) is 0 Å². The molecule has 190 valence electrons. The number of anilines is 1. The highest BCUT2D eigenvalue weighted by atomic mass is 35.5. The first kappa shape index (κ1) is 25.6. The molecule has 0 spiro atoms. The van der Waals surface area contributed by atoms with Gasteiger partial charge in [-0.1, -0.05) is 71.9 Å². The van der Waals surface area contributed by atoms with E-state index in [0.29, 0.717) is 34.0 Å². The number of fused-ring (bicyclic) bond motifs is 1. The quantitative estimate of drug-likeness (QED) is 0.381. The van der Waals surface area contributed by atoms with E-state index in [1.807, 2.05) is 42.5 Å². The summed E-state index contributed by atoms with van der Waals surface area (Å²) in [6, 6.07) is 23.9. The van der Waals surface area contributed by atoms with Crippen LogP contribution in [0.15, 0.2) is 82.6 Å². The van der Waals surface area contributed by atoms with E-state index in [1.165, 1.54) is 17.3 Å². The minimum atomic E-state index is -0.117. The van der Waals surface area contributed by atoms with Gasteiger partial charge >= 0.3 is 0 Å². The zero-order valence-electron chi connectivity index (χ0n) is 21.0. The van der Waals surface area contributed by atoms with E-state index in [1.54, 1.807) is 24.1 Å². The number of nitrogens with zero attached hydrogens (tertiary/aromatic N) is 2. The van der Waals surface area contributed by atoms with Crippen molar-refractivity contribution in [2.75, 3.05) is 31.6 Å². The third kappa shape index (κ3) is 5.61. The molecule has 0 saturated carbocycles. The number of halogens is 1. The van der Waals surface area contributed by atoms with Crippen molar-refractivity contribution < 1.29 is 9.59 Å². The Morgan fingerprint density at radius 1 is 1.14 bits per heavy atom. The van der Waals surface area contributed by atoms with E-state index in [4.69, 9.17) is 11.6 Å². The molecule has 3 aromatic carbocycles. The predicted octanol–water partition coefficient (Wildman–Crippen LogP) is 6.26. The van der Waals surface area contributed by atoms with Gasteiger partial charge in [0.05, 0.1) is 10.6 Å². The summed E-state index contributed by atoms with van der Waals surface area (Å²) in [5, 5.41) is 3.72. The first-order chi connectivity index (χ1) is 17.9. The average Bonchev–Trinajstić information content (AvgIpc) is 3.40. The highest BCUT2D eigenvalue weighted by molar-refractivity contribution is 8.04. The standard InChI is InChI=1S/C30H30ClN3O2S/c1-20(22-8-4-3-5-9-22)34-15-14-21(19-34)18-32-29(35)24-12-13-27-26(16-24)33(2)30(36)28(37-27)17-23-10-6-7-11-25(23)31/h3-13,16-17,20-21H,14-15,18-19H2,1-2H3,(H,32,35). The van der Waals surface area contributed by atoms with Crippen molar-refractivity contribution in [2.45, 2.75) is 24.3 Å². The van der Waals surface area contributed by atoms with Crippen LogP contribution < -0.4 is 10.2 Å². The van der Waals surface area contributed by atoms with Gasteiger partial charge in [0.2, 0.25) is 0 Å². The maximum atomic E-state index is 13.1. The largest absolute Gasteiger partial charge is 0.352 e. The number of carbonyl (C=O) groups is 2. The van der Waals surface area contributed by atoms with Crippen LogP contribution in [-0.4, -0.2) is 43.4 Å². The highest BCUT2D eigenvalue weighted by Crippen LogP contribution is 2.42. The zero-order chi connectivity index (χ0) is 25.9. The van der Waals surface area contributed by atoms with Gasteiger partial charge in [0, 0.05) is 41.7 Å². The van der Waals surface area contributed by atoms with E-state index in [2.05, 4.69) is 41.4 Å². The topological polar surface area (TPSA) is 52.7 Å². The molecule has 0 bridgehead atoms. The molecule has 5 rings (SSSR count). The van der Waals surface area contributed by atoms with Crippen molar-refractivity contribution in [3.8, 4) is 0 Å². The normalized spacial score (nSPS) is 19.6. The fourth-order valence-corrected chi connectivity index (χ4v) is 6.20. The Morgan fingerprint density at radius 2 is 1.89 bits per heavy atom. The maximum absolute atomic E-state index is 13.1. The molecular weight excluding hydrogens is 502 g/mol. The Kier molecular flexibility index (Phi) is 7.70. The van der Waals surface area contributed by atoms with Crippen LogP contribution in [0.25, 0.3) is 6.08 Å². The summed E-state index contributed by atoms with van der Waals surface area (Å²) in [6.07, 6.45) is 2.88. The number of hydrogen-bond donors (Lipinski definition) is 1. The molecule has 0 aliphatic carbocycles. The first-order valence-corrected chi connectivity index (χ1v) is 13.7. The van der Waals surface area contributed by atoms with Crippen molar-refractivity contribution >= 4 is 46.9 Å². The molecule has 2 heterocycles. The number of benzene rings is 3. The third-order valence-corrected chi connectivity index (χ3v) is 8.63. The summed E-state index contributed by atoms with van der Waals surface area (Å²) in [4.78, 5) is 31.7. The van der Waals surface area contributed by atoms with Gasteiger partial charge in [-0.2, -0.15) is 0 Å². The second kappa shape index (κ2) is 11.1. The second-order valence-electron chi connectivity index (χ2n) is 9.63. The summed E-state index contributed by atoms with van der Waals surface area (Å²) in [5.74, 6) is 0.194. The van der Waals surface area contributed by atoms with Crippen LogP contribution in [0.2, 0.25) is 5.02 Å². The molecule has 2 amide bonds. The van der Waals surface area contributed by atoms with Crippen LogP contribution in [0, 0.1) is 5.92 Å². The predicted molar refractivity (Wildman–Crippen MR) is 152 cm³/mol. The fourth-order valence-electron chi connectivity index (χ4n) is 4.93. The van der Waals surface area contributed by atoms with Gasteiger partial charge in [-0.25, -0.2) is 0 Å². The summed E-state index contributed by atoms with van der Waals surface area (Å²) in [7, 11) is 1.74. The lowest BCUT2D eigenvalue weighted by Gasteiger charge is -2.27. The minimum absolute atomic E-state index is 0.111. The van der Waals surface area contributed by atoms with Crippen LogP contribution >= 0.6 is 23.4 Å². The molecule has 3 aromatic rings. The highest BCUT2D eigenvalue weighted by Gasteiger charge is 2.29. The van der Waals surface area contributed by atoms with Gasteiger partial charge in [0.15, 0.2) is 0 Å². The van der Waals surface area contributed by atoms with Gasteiger partial charge in [0.1, 0.15) is 0 Å². The van der Waals surface area contributed by atoms with Gasteiger partial charge in [-0.05, 0) is 67.3 Å². The average molecular weight is 532 g/mol. The number of carbonyl (C=O) groups excluding carboxylic acids is 2. The first-order valence-electron chi connectivity index (χ1n) is 12.5. The molecule has 1 saturated heterocycles. The van der Waals surface area contributed by atoms with E-state index >= 15 is 0 Å². The molecule has 0 radical (unpaired) electrons. The van der Waals surface area contributed by atoms with E-state index in [-0.39, 0.29) is 11.8 Å². The molecule has 2 aliphatic rings. The fraction of sp³-hybridized carbons (Fsp3) is 0.267. The molecule has 2 unspecified atom stereocenters. The van der Waals surface area contributed by atoms with Crippen molar-refractivity contribution in [1.82, 2.24) is 10.2 Å². The van der Waals surface area contributed by atoms with Gasteiger partial charge < -0.3 is 10.2 Å². The Bertz CT molecular complexity index is 1340. The van der Waals surface area contributed by atoms with Gasteiger partial charge in [0.25, 0.3) is 11.8 Å². The Hall–Kier alpha value is -3.06. The second-order valence-corrected chi connectivity index (χ2v) is 11.1. The lowest BCUT2D eigenvalue weighted by Crippen LogP contribution is -2.33. The van der Waals surface area contributed by atoms with Crippen molar-refractivity contribution in [3.05, 3.63) is 99.4 Å². The molecular formula is C30H30ClN3O2S. The minimum Gasteiger partial charge on any atom is -0.352 e. The molecule has 37 heavy (non-hydrogen) atoms. The molecule has 2 aliphatic heterocycles. The number of hydrogen-bond acceptors (Lipinski definition) is 4. The number of nitrogens with one attached hydrogen (secondary N) is 1. The number of thioether (sulfide) groups is 1. The smallest absolute Gasteiger partial charge is 0.264 e. The molecule has 5 nitrogen and oxygen atoms in total. The Balaban J connectivity index is 1.22. The molecule has 0 aromatic heterocycles. The summed E-state index contributed by atoms with van der Waals surface area (Å²) in [5.41, 5.74) is 3.42. The zero-order valence-corrected chi connectivity index (χ0v) is 22.6. The summed E-state index contributed by atoms with van der Waals surface area (Å²) in [6.45, 7) is 4.88. The number of amides is 2. The number of rotatable bonds is 6. The molecule has 1 N–H and O–H groups in total. The van der Waals surface area contributed by atoms with Crippen LogP contribution in [0.5, 0.6) is 0 Å². The summed E-state index contributed by atoms with van der Waals surface area (Å²) < 4.78 is 0. The van der Waals surface area contributed by atoms with Crippen molar-refractivity contribution in [1.29, 1.82) is 0 Å². The Morgan fingerprint density at radius 3 is 2.68 bits per heavy atom. The number of likely N-dealkylation sites (N-methyl/N-ethyl adjacent to an activating group) is 1. The van der Waals surface area contributed by atoms with Gasteiger partial charge in [-0.3, -0.25) is 14.5 Å². The van der Waals surface area contributed by atoms with Crippen LogP contribution in [0.3, 0.4) is 0 Å². The van der Waals surface area contributed by atoms with Crippen molar-refractivity contribution in [3.63, 3.8) is 0 Å². The summed E-state index contributed by atoms with van der Waals surface area (Å²) >= 11 is 7.69.